The van der Waals surface area contributed by atoms with Crippen LogP contribution in [0.1, 0.15) is 23.6 Å². The quantitative estimate of drug-likeness (QED) is 0.174. The average Bonchev–Trinajstić information content (AvgIpc) is 3.52. The Morgan fingerprint density at radius 2 is 0.870 bits per heavy atom. The van der Waals surface area contributed by atoms with Gasteiger partial charge < -0.3 is 0 Å². The molecule has 254 valence electrons. The number of aromatic nitrogens is 2. The van der Waals surface area contributed by atoms with Crippen LogP contribution in [0.3, 0.4) is 0 Å². The maximum absolute atomic E-state index is 5.30. The number of hydrogen-bond donors (Lipinski definition) is 0. The molecule has 8 aromatic carbocycles. The molecule has 54 heavy (non-hydrogen) atoms. The molecule has 0 N–H and O–H groups in total. The normalized spacial score (nSPS) is 14.5. The highest BCUT2D eigenvalue weighted by atomic mass is 14.9. The van der Waals surface area contributed by atoms with E-state index >= 15 is 0 Å². The Kier molecular flexibility index (Phi) is 7.63. The highest BCUT2D eigenvalue weighted by Crippen LogP contribution is 2.53. The van der Waals surface area contributed by atoms with E-state index in [9.17, 15) is 0 Å². The van der Waals surface area contributed by atoms with Crippen molar-refractivity contribution in [3.8, 4) is 67.3 Å². The maximum atomic E-state index is 5.30. The second-order valence-electron chi connectivity index (χ2n) is 14.3. The second kappa shape index (κ2) is 12.9. The number of rotatable bonds is 6. The van der Waals surface area contributed by atoms with E-state index in [2.05, 4.69) is 201 Å². The van der Waals surface area contributed by atoms with Gasteiger partial charge in [-0.3, -0.25) is 0 Å². The minimum atomic E-state index is -0.265. The first-order chi connectivity index (χ1) is 26.6. The summed E-state index contributed by atoms with van der Waals surface area (Å²) >= 11 is 0. The predicted molar refractivity (Wildman–Crippen MR) is 224 cm³/mol. The fourth-order valence-corrected chi connectivity index (χ4v) is 8.45. The van der Waals surface area contributed by atoms with Crippen molar-refractivity contribution in [3.63, 3.8) is 0 Å². The van der Waals surface area contributed by atoms with Crippen molar-refractivity contribution in [1.29, 1.82) is 0 Å². The maximum Gasteiger partial charge on any atom is 0.161 e. The molecule has 2 heteroatoms. The van der Waals surface area contributed by atoms with Crippen LogP contribution in [0.15, 0.2) is 200 Å². The highest BCUT2D eigenvalue weighted by Gasteiger charge is 2.40. The molecule has 1 aliphatic rings. The molecule has 0 fully saturated rings. The minimum Gasteiger partial charge on any atom is -0.228 e. The van der Waals surface area contributed by atoms with Gasteiger partial charge in [-0.2, -0.15) is 0 Å². The van der Waals surface area contributed by atoms with Gasteiger partial charge in [0, 0.05) is 22.1 Å². The number of nitrogens with zero attached hydrogens (tertiary/aromatic N) is 2. The van der Waals surface area contributed by atoms with Crippen LogP contribution in [0.25, 0.3) is 78.1 Å². The van der Waals surface area contributed by atoms with Crippen molar-refractivity contribution < 1.29 is 0 Å². The molecule has 0 bridgehead atoms. The first-order valence-electron chi connectivity index (χ1n) is 18.6. The summed E-state index contributed by atoms with van der Waals surface area (Å²) in [5.74, 6) is 0.709. The zero-order chi connectivity index (χ0) is 36.1. The molecule has 2 nitrogen and oxygen atoms in total. The molecule has 1 heterocycles. The summed E-state index contributed by atoms with van der Waals surface area (Å²) in [6.07, 6.45) is 0. The van der Waals surface area contributed by atoms with Crippen LogP contribution in [0.4, 0.5) is 0 Å². The van der Waals surface area contributed by atoms with Crippen molar-refractivity contribution >= 4 is 10.8 Å². The molecule has 1 aromatic heterocycles. The van der Waals surface area contributed by atoms with Crippen LogP contribution in [-0.2, 0) is 5.41 Å². The van der Waals surface area contributed by atoms with Crippen LogP contribution in [0.2, 0.25) is 0 Å². The van der Waals surface area contributed by atoms with E-state index in [0.29, 0.717) is 5.82 Å². The molecule has 1 unspecified atom stereocenters. The van der Waals surface area contributed by atoms with Crippen LogP contribution < -0.4 is 0 Å². The van der Waals surface area contributed by atoms with Crippen molar-refractivity contribution in [3.05, 3.63) is 217 Å². The monoisotopic (exact) mass is 688 g/mol. The highest BCUT2D eigenvalue weighted by molar-refractivity contribution is 6.05. The van der Waals surface area contributed by atoms with Crippen molar-refractivity contribution in [2.75, 3.05) is 0 Å². The first kappa shape index (κ1) is 31.8. The van der Waals surface area contributed by atoms with E-state index in [-0.39, 0.29) is 5.41 Å². The second-order valence-corrected chi connectivity index (χ2v) is 14.3. The molecule has 0 saturated heterocycles. The summed E-state index contributed by atoms with van der Waals surface area (Å²) in [6, 6.07) is 71.7. The lowest BCUT2D eigenvalue weighted by atomic mass is 9.74. The lowest BCUT2D eigenvalue weighted by Crippen LogP contribution is -2.22. The van der Waals surface area contributed by atoms with E-state index in [1.165, 1.54) is 49.9 Å². The van der Waals surface area contributed by atoms with Crippen molar-refractivity contribution in [2.24, 2.45) is 0 Å². The Balaban J connectivity index is 1.13. The molecule has 10 rings (SSSR count). The van der Waals surface area contributed by atoms with E-state index in [4.69, 9.17) is 9.97 Å². The molecule has 0 radical (unpaired) electrons. The SMILES string of the molecule is CC1(c2ccccc2)c2ccccc2-c2ccc(-c3ccc(-c4nc(-c5ccccc5)cc(-c5cccc(-c6ccccc6)c5)n4)c4ccccc34)cc21. The van der Waals surface area contributed by atoms with Gasteiger partial charge >= 0.3 is 0 Å². The summed E-state index contributed by atoms with van der Waals surface area (Å²) in [7, 11) is 0. The van der Waals surface area contributed by atoms with Crippen molar-refractivity contribution in [1.82, 2.24) is 9.97 Å². The Morgan fingerprint density at radius 3 is 1.63 bits per heavy atom. The standard InChI is InChI=1S/C52H36N2/c1-52(40-22-9-4-10-23-40)47-27-14-13-26-44(47)45-29-28-38(33-48(45)52)41-30-31-46(43-25-12-11-24-42(41)43)51-53-49(36-18-7-3-8-19-36)34-50(54-51)39-21-15-20-37(32-39)35-16-5-2-6-17-35/h2-34H,1H3. The van der Waals surface area contributed by atoms with Gasteiger partial charge in [0.2, 0.25) is 0 Å². The van der Waals surface area contributed by atoms with Gasteiger partial charge in [-0.05, 0) is 92.0 Å². The third-order valence-electron chi connectivity index (χ3n) is 11.2. The molecule has 9 aromatic rings. The molecule has 1 atom stereocenters. The van der Waals surface area contributed by atoms with Gasteiger partial charge in [-0.15, -0.1) is 0 Å². The third kappa shape index (κ3) is 5.26. The lowest BCUT2D eigenvalue weighted by molar-refractivity contribution is 0.714. The molecule has 0 saturated carbocycles. The summed E-state index contributed by atoms with van der Waals surface area (Å²) in [6.45, 7) is 2.38. The summed E-state index contributed by atoms with van der Waals surface area (Å²) in [5, 5.41) is 2.30. The van der Waals surface area contributed by atoms with Gasteiger partial charge in [0.1, 0.15) is 0 Å². The zero-order valence-corrected chi connectivity index (χ0v) is 29.9. The van der Waals surface area contributed by atoms with Crippen LogP contribution in [-0.4, -0.2) is 9.97 Å². The first-order valence-corrected chi connectivity index (χ1v) is 18.6. The Hall–Kier alpha value is -6.90. The molecule has 0 spiro atoms. The fourth-order valence-electron chi connectivity index (χ4n) is 8.45. The number of fused-ring (bicyclic) bond motifs is 4. The Morgan fingerprint density at radius 1 is 0.333 bits per heavy atom. The minimum absolute atomic E-state index is 0.265. The summed E-state index contributed by atoms with van der Waals surface area (Å²) in [4.78, 5) is 10.5. The largest absolute Gasteiger partial charge is 0.228 e. The van der Waals surface area contributed by atoms with Gasteiger partial charge in [0.15, 0.2) is 5.82 Å². The van der Waals surface area contributed by atoms with Gasteiger partial charge in [-0.1, -0.05) is 176 Å². The number of hydrogen-bond acceptors (Lipinski definition) is 2. The van der Waals surface area contributed by atoms with Crippen LogP contribution in [0.5, 0.6) is 0 Å². The third-order valence-corrected chi connectivity index (χ3v) is 11.2. The molecular weight excluding hydrogens is 653 g/mol. The molecule has 1 aliphatic carbocycles. The predicted octanol–water partition coefficient (Wildman–Crippen LogP) is 13.3. The van der Waals surface area contributed by atoms with E-state index in [0.717, 1.165) is 39.0 Å². The summed E-state index contributed by atoms with van der Waals surface area (Å²) < 4.78 is 0. The average molecular weight is 689 g/mol. The molecule has 0 amide bonds. The smallest absolute Gasteiger partial charge is 0.161 e. The van der Waals surface area contributed by atoms with E-state index in [1.807, 2.05) is 6.07 Å². The van der Waals surface area contributed by atoms with E-state index < -0.39 is 0 Å². The van der Waals surface area contributed by atoms with Crippen molar-refractivity contribution in [2.45, 2.75) is 12.3 Å². The van der Waals surface area contributed by atoms with Gasteiger partial charge in [-0.25, -0.2) is 9.97 Å². The van der Waals surface area contributed by atoms with Crippen LogP contribution >= 0.6 is 0 Å². The van der Waals surface area contributed by atoms with Gasteiger partial charge in [0.05, 0.1) is 11.4 Å². The number of benzene rings is 8. The Labute approximate surface area is 316 Å². The molecule has 0 aliphatic heterocycles. The topological polar surface area (TPSA) is 25.8 Å². The van der Waals surface area contributed by atoms with E-state index in [1.54, 1.807) is 0 Å². The lowest BCUT2D eigenvalue weighted by Gasteiger charge is -2.28. The fraction of sp³-hybridized carbons (Fsp3) is 0.0385. The summed E-state index contributed by atoms with van der Waals surface area (Å²) in [5.41, 5.74) is 16.0. The zero-order valence-electron chi connectivity index (χ0n) is 29.9. The van der Waals surface area contributed by atoms with Gasteiger partial charge in [0.25, 0.3) is 0 Å². The Bertz CT molecular complexity index is 2820. The molecular formula is C52H36N2. The van der Waals surface area contributed by atoms with Crippen LogP contribution in [0, 0.1) is 0 Å².